The summed E-state index contributed by atoms with van der Waals surface area (Å²) in [5.74, 6) is 0. The van der Waals surface area contributed by atoms with Gasteiger partial charge in [-0.1, -0.05) is 26.8 Å². The average molecular weight is 220 g/mol. The van der Waals surface area contributed by atoms with Gasteiger partial charge in [-0.3, -0.25) is 4.98 Å². The normalized spacial score (nSPS) is 13.8. The van der Waals surface area contributed by atoms with Gasteiger partial charge in [0.05, 0.1) is 0 Å². The highest BCUT2D eigenvalue weighted by Crippen LogP contribution is 2.20. The fourth-order valence-corrected chi connectivity index (χ4v) is 1.69. The Balaban J connectivity index is 2.24. The highest BCUT2D eigenvalue weighted by atomic mass is 14.9. The summed E-state index contributed by atoms with van der Waals surface area (Å²) in [4.78, 5) is 4.13. The van der Waals surface area contributed by atoms with Crippen LogP contribution in [0, 0.1) is 5.41 Å². The summed E-state index contributed by atoms with van der Waals surface area (Å²) < 4.78 is 0. The maximum atomic E-state index is 4.13. The van der Waals surface area contributed by atoms with Gasteiger partial charge in [-0.15, -0.1) is 0 Å². The summed E-state index contributed by atoms with van der Waals surface area (Å²) in [5.41, 5.74) is 1.71. The topological polar surface area (TPSA) is 24.9 Å². The SMILES string of the molecule is CC(NCCCC(C)(C)C)c1cccnc1. The Hall–Kier alpha value is -0.890. The molecule has 2 nitrogen and oxygen atoms in total. The summed E-state index contributed by atoms with van der Waals surface area (Å²) in [6, 6.07) is 4.51. The molecule has 0 radical (unpaired) electrons. The molecule has 0 saturated carbocycles. The van der Waals surface area contributed by atoms with Crippen molar-refractivity contribution in [1.29, 1.82) is 0 Å². The third-order valence-electron chi connectivity index (χ3n) is 2.74. The van der Waals surface area contributed by atoms with Crippen LogP contribution in [0.25, 0.3) is 0 Å². The van der Waals surface area contributed by atoms with Crippen LogP contribution in [0.2, 0.25) is 0 Å². The van der Waals surface area contributed by atoms with E-state index in [0.717, 1.165) is 6.54 Å². The molecule has 0 bridgehead atoms. The van der Waals surface area contributed by atoms with Crippen LogP contribution < -0.4 is 5.32 Å². The van der Waals surface area contributed by atoms with Gasteiger partial charge in [0.2, 0.25) is 0 Å². The van der Waals surface area contributed by atoms with E-state index in [-0.39, 0.29) is 0 Å². The molecule has 1 rings (SSSR count). The Morgan fingerprint density at radius 3 is 2.69 bits per heavy atom. The van der Waals surface area contributed by atoms with E-state index in [1.54, 1.807) is 0 Å². The van der Waals surface area contributed by atoms with Crippen LogP contribution in [0.3, 0.4) is 0 Å². The predicted octanol–water partition coefficient (Wildman–Crippen LogP) is 3.56. The van der Waals surface area contributed by atoms with Gasteiger partial charge in [0.15, 0.2) is 0 Å². The van der Waals surface area contributed by atoms with Gasteiger partial charge >= 0.3 is 0 Å². The van der Waals surface area contributed by atoms with Crippen LogP contribution in [0.5, 0.6) is 0 Å². The van der Waals surface area contributed by atoms with Crippen molar-refractivity contribution in [2.75, 3.05) is 6.54 Å². The second kappa shape index (κ2) is 6.00. The smallest absolute Gasteiger partial charge is 0.0315 e. The maximum absolute atomic E-state index is 4.13. The summed E-state index contributed by atoms with van der Waals surface area (Å²) in [7, 11) is 0. The lowest BCUT2D eigenvalue weighted by Gasteiger charge is -2.19. The van der Waals surface area contributed by atoms with E-state index in [1.807, 2.05) is 18.5 Å². The molecule has 1 atom stereocenters. The molecular weight excluding hydrogens is 196 g/mol. The van der Waals surface area contributed by atoms with Crippen LogP contribution in [-0.2, 0) is 0 Å². The van der Waals surface area contributed by atoms with Gasteiger partial charge in [0.25, 0.3) is 0 Å². The largest absolute Gasteiger partial charge is 0.310 e. The molecule has 1 aromatic rings. The molecule has 1 unspecified atom stereocenters. The molecule has 1 heterocycles. The van der Waals surface area contributed by atoms with Crippen molar-refractivity contribution >= 4 is 0 Å². The zero-order valence-corrected chi connectivity index (χ0v) is 11.0. The summed E-state index contributed by atoms with van der Waals surface area (Å²) in [5, 5.41) is 3.53. The van der Waals surface area contributed by atoms with Crippen molar-refractivity contribution in [2.24, 2.45) is 5.41 Å². The first-order valence-corrected chi connectivity index (χ1v) is 6.12. The lowest BCUT2D eigenvalue weighted by molar-refractivity contribution is 0.357. The van der Waals surface area contributed by atoms with E-state index < -0.39 is 0 Å². The zero-order chi connectivity index (χ0) is 12.0. The molecule has 0 amide bonds. The van der Waals surface area contributed by atoms with Crippen LogP contribution in [0.4, 0.5) is 0 Å². The quantitative estimate of drug-likeness (QED) is 0.767. The fraction of sp³-hybridized carbons (Fsp3) is 0.643. The third-order valence-corrected chi connectivity index (χ3v) is 2.74. The number of hydrogen-bond acceptors (Lipinski definition) is 2. The number of nitrogens with one attached hydrogen (secondary N) is 1. The summed E-state index contributed by atoms with van der Waals surface area (Å²) in [6.07, 6.45) is 6.24. The van der Waals surface area contributed by atoms with Crippen LogP contribution in [-0.4, -0.2) is 11.5 Å². The van der Waals surface area contributed by atoms with Gasteiger partial charge < -0.3 is 5.32 Å². The first kappa shape index (κ1) is 13.2. The highest BCUT2D eigenvalue weighted by molar-refractivity contribution is 5.12. The number of rotatable bonds is 5. The van der Waals surface area contributed by atoms with E-state index in [0.29, 0.717) is 11.5 Å². The molecule has 0 fully saturated rings. The predicted molar refractivity (Wildman–Crippen MR) is 69.3 cm³/mol. The minimum atomic E-state index is 0.397. The fourth-order valence-electron chi connectivity index (χ4n) is 1.69. The molecular formula is C14H24N2. The van der Waals surface area contributed by atoms with E-state index in [4.69, 9.17) is 0 Å². The van der Waals surface area contributed by atoms with Crippen molar-refractivity contribution in [3.63, 3.8) is 0 Å². The monoisotopic (exact) mass is 220 g/mol. The van der Waals surface area contributed by atoms with Crippen molar-refractivity contribution in [3.05, 3.63) is 30.1 Å². The molecule has 1 N–H and O–H groups in total. The van der Waals surface area contributed by atoms with Gasteiger partial charge in [-0.2, -0.15) is 0 Å². The van der Waals surface area contributed by atoms with Gasteiger partial charge in [-0.05, 0) is 43.4 Å². The summed E-state index contributed by atoms with van der Waals surface area (Å²) in [6.45, 7) is 10.1. The van der Waals surface area contributed by atoms with Crippen molar-refractivity contribution in [1.82, 2.24) is 10.3 Å². The van der Waals surface area contributed by atoms with E-state index in [2.05, 4.69) is 44.1 Å². The Morgan fingerprint density at radius 1 is 1.38 bits per heavy atom. The molecule has 0 aliphatic heterocycles. The van der Waals surface area contributed by atoms with E-state index in [1.165, 1.54) is 18.4 Å². The number of hydrogen-bond donors (Lipinski definition) is 1. The number of pyridine rings is 1. The average Bonchev–Trinajstić information content (AvgIpc) is 2.24. The standard InChI is InChI=1S/C14H24N2/c1-12(13-7-5-9-15-11-13)16-10-6-8-14(2,3)4/h5,7,9,11-12,16H,6,8,10H2,1-4H3. The Bertz CT molecular complexity index is 287. The number of aromatic nitrogens is 1. The lowest BCUT2D eigenvalue weighted by atomic mass is 9.90. The lowest BCUT2D eigenvalue weighted by Crippen LogP contribution is -2.21. The Morgan fingerprint density at radius 2 is 2.12 bits per heavy atom. The maximum Gasteiger partial charge on any atom is 0.0315 e. The third kappa shape index (κ3) is 5.26. The van der Waals surface area contributed by atoms with Crippen LogP contribution in [0.1, 0.15) is 52.1 Å². The van der Waals surface area contributed by atoms with Crippen LogP contribution >= 0.6 is 0 Å². The van der Waals surface area contributed by atoms with Crippen molar-refractivity contribution in [3.8, 4) is 0 Å². The molecule has 16 heavy (non-hydrogen) atoms. The second-order valence-corrected chi connectivity index (χ2v) is 5.63. The molecule has 1 aromatic heterocycles. The van der Waals surface area contributed by atoms with E-state index >= 15 is 0 Å². The molecule has 0 aliphatic rings. The minimum absolute atomic E-state index is 0.397. The van der Waals surface area contributed by atoms with Gasteiger partial charge in [0, 0.05) is 18.4 Å². The van der Waals surface area contributed by atoms with Crippen molar-refractivity contribution in [2.45, 2.75) is 46.6 Å². The first-order chi connectivity index (χ1) is 7.49. The Kier molecular flexibility index (Phi) is 4.94. The van der Waals surface area contributed by atoms with Gasteiger partial charge in [0.1, 0.15) is 0 Å². The molecule has 0 saturated heterocycles. The highest BCUT2D eigenvalue weighted by Gasteiger charge is 2.09. The number of nitrogens with zero attached hydrogens (tertiary/aromatic N) is 1. The Labute approximate surface area is 99.5 Å². The summed E-state index contributed by atoms with van der Waals surface area (Å²) >= 11 is 0. The first-order valence-electron chi connectivity index (χ1n) is 6.12. The molecule has 0 aromatic carbocycles. The molecule has 90 valence electrons. The van der Waals surface area contributed by atoms with E-state index in [9.17, 15) is 0 Å². The molecule has 0 spiro atoms. The van der Waals surface area contributed by atoms with Crippen LogP contribution in [0.15, 0.2) is 24.5 Å². The second-order valence-electron chi connectivity index (χ2n) is 5.63. The van der Waals surface area contributed by atoms with Crippen molar-refractivity contribution < 1.29 is 0 Å². The molecule has 2 heteroatoms. The minimum Gasteiger partial charge on any atom is -0.310 e. The molecule has 0 aliphatic carbocycles. The zero-order valence-electron chi connectivity index (χ0n) is 11.0. The van der Waals surface area contributed by atoms with Gasteiger partial charge in [-0.25, -0.2) is 0 Å².